The van der Waals surface area contributed by atoms with E-state index in [1.165, 1.54) is 25.0 Å². The van der Waals surface area contributed by atoms with E-state index in [9.17, 15) is 10.1 Å². The number of nitro benzene ring substituents is 1. The summed E-state index contributed by atoms with van der Waals surface area (Å²) in [5.41, 5.74) is 1.73. The van der Waals surface area contributed by atoms with Crippen LogP contribution in [-0.4, -0.2) is 23.0 Å². The zero-order valence-electron chi connectivity index (χ0n) is 13.1. The van der Waals surface area contributed by atoms with Crippen molar-refractivity contribution in [3.63, 3.8) is 0 Å². The molecule has 1 saturated heterocycles. The van der Waals surface area contributed by atoms with Gasteiger partial charge in [0, 0.05) is 38.0 Å². The van der Waals surface area contributed by atoms with Crippen LogP contribution in [-0.2, 0) is 6.54 Å². The lowest BCUT2D eigenvalue weighted by Gasteiger charge is -2.16. The molecule has 24 heavy (non-hydrogen) atoms. The molecule has 0 unspecified atom stereocenters. The maximum absolute atomic E-state index is 10.8. The number of nitrogens with zero attached hydrogens (tertiary/aromatic N) is 4. The third kappa shape index (κ3) is 3.43. The van der Waals surface area contributed by atoms with Crippen LogP contribution in [0.2, 0.25) is 0 Å². The molecule has 0 bridgehead atoms. The van der Waals surface area contributed by atoms with Gasteiger partial charge in [-0.1, -0.05) is 6.07 Å². The van der Waals surface area contributed by atoms with Crippen molar-refractivity contribution in [2.24, 2.45) is 0 Å². The first-order valence-electron chi connectivity index (χ1n) is 7.79. The van der Waals surface area contributed by atoms with Crippen LogP contribution in [0.1, 0.15) is 24.0 Å². The Morgan fingerprint density at radius 1 is 1.29 bits per heavy atom. The fourth-order valence-corrected chi connectivity index (χ4v) is 2.74. The number of nitriles is 1. The smallest absolute Gasteiger partial charge is 0.270 e. The summed E-state index contributed by atoms with van der Waals surface area (Å²) < 4.78 is 0. The molecule has 7 nitrogen and oxygen atoms in total. The average Bonchev–Trinajstić information content (AvgIpc) is 3.14. The molecule has 7 heteroatoms. The molecule has 2 aromatic rings. The Balaban J connectivity index is 1.67. The summed E-state index contributed by atoms with van der Waals surface area (Å²) in [5, 5.41) is 23.1. The Kier molecular flexibility index (Phi) is 4.57. The summed E-state index contributed by atoms with van der Waals surface area (Å²) in [5.74, 6) is 0.990. The molecule has 0 spiro atoms. The highest BCUT2D eigenvalue weighted by Crippen LogP contribution is 2.22. The highest BCUT2D eigenvalue weighted by molar-refractivity contribution is 5.61. The highest BCUT2D eigenvalue weighted by atomic mass is 16.6. The maximum atomic E-state index is 10.8. The average molecular weight is 323 g/mol. The van der Waals surface area contributed by atoms with Gasteiger partial charge >= 0.3 is 0 Å². The van der Waals surface area contributed by atoms with Crippen molar-refractivity contribution in [1.82, 2.24) is 4.98 Å². The number of rotatable bonds is 5. The Labute approximate surface area is 139 Å². The molecule has 122 valence electrons. The molecule has 1 aliphatic heterocycles. The predicted molar refractivity (Wildman–Crippen MR) is 90.8 cm³/mol. The summed E-state index contributed by atoms with van der Waals surface area (Å²) in [7, 11) is 0. The number of benzene rings is 1. The molecule has 1 aromatic carbocycles. The lowest BCUT2D eigenvalue weighted by Crippen LogP contribution is -2.18. The number of nitrogens with one attached hydrogen (secondary N) is 1. The molecule has 1 aliphatic rings. The lowest BCUT2D eigenvalue weighted by atomic mass is 10.1. The number of pyridine rings is 1. The van der Waals surface area contributed by atoms with Gasteiger partial charge < -0.3 is 10.2 Å². The van der Waals surface area contributed by atoms with Crippen LogP contribution in [0.4, 0.5) is 17.2 Å². The first-order valence-corrected chi connectivity index (χ1v) is 7.79. The number of hydrogen-bond acceptors (Lipinski definition) is 6. The van der Waals surface area contributed by atoms with Crippen LogP contribution >= 0.6 is 0 Å². The molecule has 0 amide bonds. The van der Waals surface area contributed by atoms with E-state index in [1.807, 2.05) is 24.4 Å². The first kappa shape index (κ1) is 15.7. The molecule has 0 aliphatic carbocycles. The van der Waals surface area contributed by atoms with Crippen molar-refractivity contribution in [2.45, 2.75) is 19.4 Å². The fourth-order valence-electron chi connectivity index (χ4n) is 2.74. The Morgan fingerprint density at radius 2 is 2.08 bits per heavy atom. The number of non-ortho nitro benzene ring substituents is 1. The van der Waals surface area contributed by atoms with E-state index in [2.05, 4.69) is 15.2 Å². The molecule has 0 radical (unpaired) electrons. The molecule has 2 heterocycles. The second kappa shape index (κ2) is 6.96. The fraction of sp³-hybridized carbons (Fsp3) is 0.294. The predicted octanol–water partition coefficient (Wildman–Crippen LogP) is 3.07. The van der Waals surface area contributed by atoms with Gasteiger partial charge in [0.05, 0.1) is 16.2 Å². The minimum Gasteiger partial charge on any atom is -0.380 e. The summed E-state index contributed by atoms with van der Waals surface area (Å²) >= 11 is 0. The number of nitro groups is 1. The van der Waals surface area contributed by atoms with Gasteiger partial charge in [0.25, 0.3) is 5.69 Å². The van der Waals surface area contributed by atoms with E-state index in [0.29, 0.717) is 12.2 Å². The zero-order chi connectivity index (χ0) is 16.9. The number of aromatic nitrogens is 1. The molecule has 1 N–H and O–H groups in total. The summed E-state index contributed by atoms with van der Waals surface area (Å²) in [6, 6.07) is 10.2. The van der Waals surface area contributed by atoms with Crippen LogP contribution < -0.4 is 10.2 Å². The normalized spacial score (nSPS) is 13.5. The third-order valence-electron chi connectivity index (χ3n) is 4.06. The molecule has 1 fully saturated rings. The Hall–Kier alpha value is -3.14. The summed E-state index contributed by atoms with van der Waals surface area (Å²) in [6.07, 6.45) is 4.24. The van der Waals surface area contributed by atoms with Crippen LogP contribution in [0, 0.1) is 21.4 Å². The van der Waals surface area contributed by atoms with Crippen molar-refractivity contribution < 1.29 is 4.92 Å². The number of anilines is 2. The standard InChI is InChI=1S/C17H17N5O2/c18-10-14-9-15(22(23)24)4-5-16(14)19-11-13-3-6-17(20-12-13)21-7-1-2-8-21/h3-6,9,12,19H,1-2,7-8,11H2. The SMILES string of the molecule is N#Cc1cc([N+](=O)[O-])ccc1NCc1ccc(N2CCCC2)nc1. The monoisotopic (exact) mass is 323 g/mol. The van der Waals surface area contributed by atoms with Gasteiger partial charge in [-0.05, 0) is 30.5 Å². The largest absolute Gasteiger partial charge is 0.380 e. The minimum atomic E-state index is -0.508. The molecular weight excluding hydrogens is 306 g/mol. The van der Waals surface area contributed by atoms with Crippen molar-refractivity contribution in [2.75, 3.05) is 23.3 Å². The topological polar surface area (TPSA) is 95.1 Å². The quantitative estimate of drug-likeness (QED) is 0.671. The molecule has 1 aromatic heterocycles. The molecule has 0 atom stereocenters. The second-order valence-corrected chi connectivity index (χ2v) is 5.67. The second-order valence-electron chi connectivity index (χ2n) is 5.67. The van der Waals surface area contributed by atoms with Gasteiger partial charge in [0.1, 0.15) is 11.9 Å². The van der Waals surface area contributed by atoms with Gasteiger partial charge in [-0.15, -0.1) is 0 Å². The van der Waals surface area contributed by atoms with E-state index < -0.39 is 4.92 Å². The van der Waals surface area contributed by atoms with Crippen LogP contribution in [0.25, 0.3) is 0 Å². The van der Waals surface area contributed by atoms with Crippen LogP contribution in [0.3, 0.4) is 0 Å². The lowest BCUT2D eigenvalue weighted by molar-refractivity contribution is -0.384. The number of hydrogen-bond donors (Lipinski definition) is 1. The van der Waals surface area contributed by atoms with Gasteiger partial charge in [-0.3, -0.25) is 10.1 Å². The van der Waals surface area contributed by atoms with E-state index in [4.69, 9.17) is 5.26 Å². The van der Waals surface area contributed by atoms with E-state index in [1.54, 1.807) is 6.07 Å². The van der Waals surface area contributed by atoms with Crippen molar-refractivity contribution >= 4 is 17.2 Å². The van der Waals surface area contributed by atoms with Crippen LogP contribution in [0.15, 0.2) is 36.5 Å². The molecular formula is C17H17N5O2. The Bertz CT molecular complexity index is 777. The molecule has 0 saturated carbocycles. The third-order valence-corrected chi connectivity index (χ3v) is 4.06. The maximum Gasteiger partial charge on any atom is 0.270 e. The van der Waals surface area contributed by atoms with Gasteiger partial charge in [0.15, 0.2) is 0 Å². The van der Waals surface area contributed by atoms with E-state index in [-0.39, 0.29) is 11.3 Å². The van der Waals surface area contributed by atoms with E-state index in [0.717, 1.165) is 24.5 Å². The molecule has 3 rings (SSSR count). The zero-order valence-corrected chi connectivity index (χ0v) is 13.1. The Morgan fingerprint density at radius 3 is 2.71 bits per heavy atom. The van der Waals surface area contributed by atoms with E-state index >= 15 is 0 Å². The van der Waals surface area contributed by atoms with Gasteiger partial charge in [-0.25, -0.2) is 4.98 Å². The van der Waals surface area contributed by atoms with Gasteiger partial charge in [-0.2, -0.15) is 5.26 Å². The highest BCUT2D eigenvalue weighted by Gasteiger charge is 2.13. The van der Waals surface area contributed by atoms with Crippen LogP contribution in [0.5, 0.6) is 0 Å². The van der Waals surface area contributed by atoms with Crippen molar-refractivity contribution in [1.29, 1.82) is 5.26 Å². The van der Waals surface area contributed by atoms with Crippen molar-refractivity contribution in [3.8, 4) is 6.07 Å². The van der Waals surface area contributed by atoms with Crippen molar-refractivity contribution in [3.05, 3.63) is 57.8 Å². The first-order chi connectivity index (χ1) is 11.7. The summed E-state index contributed by atoms with van der Waals surface area (Å²) in [6.45, 7) is 2.61. The van der Waals surface area contributed by atoms with Gasteiger partial charge in [0.2, 0.25) is 0 Å². The minimum absolute atomic E-state index is 0.0891. The summed E-state index contributed by atoms with van der Waals surface area (Å²) in [4.78, 5) is 17.0.